The Labute approximate surface area is 124 Å². The van der Waals surface area contributed by atoms with Crippen molar-refractivity contribution in [2.45, 2.75) is 31.7 Å². The molecule has 7 heteroatoms. The zero-order chi connectivity index (χ0) is 15.7. The summed E-state index contributed by atoms with van der Waals surface area (Å²) in [5.74, 6) is -1.02. The second kappa shape index (κ2) is 9.46. The lowest BCUT2D eigenvalue weighted by Gasteiger charge is -2.28. The standard InChI is InChI=1S/C14H23NO6/c1-19-6-7-21-9-12(17)15-13(14(18)20-2)10-4-3-5-11(16)8-10/h10,13H,3-9H2,1-2H3,(H,15,17)/t10-,13+/m1/s1. The molecule has 0 aliphatic heterocycles. The van der Waals surface area contributed by atoms with Gasteiger partial charge in [-0.2, -0.15) is 0 Å². The molecule has 1 N–H and O–H groups in total. The van der Waals surface area contributed by atoms with Crippen LogP contribution in [0.4, 0.5) is 0 Å². The molecular formula is C14H23NO6. The van der Waals surface area contributed by atoms with E-state index in [1.807, 2.05) is 0 Å². The monoisotopic (exact) mass is 301 g/mol. The number of ether oxygens (including phenoxy) is 3. The van der Waals surface area contributed by atoms with E-state index in [0.29, 0.717) is 26.1 Å². The topological polar surface area (TPSA) is 90.9 Å². The first-order valence-electron chi connectivity index (χ1n) is 7.04. The molecule has 0 bridgehead atoms. The SMILES string of the molecule is COCCOCC(=O)N[C@H](C(=O)OC)[C@@H]1CCCC(=O)C1. The zero-order valence-corrected chi connectivity index (χ0v) is 12.6. The summed E-state index contributed by atoms with van der Waals surface area (Å²) in [6.07, 6.45) is 2.29. The minimum Gasteiger partial charge on any atom is -0.467 e. The quantitative estimate of drug-likeness (QED) is 0.504. The first-order valence-corrected chi connectivity index (χ1v) is 7.04. The summed E-state index contributed by atoms with van der Waals surface area (Å²) in [5.41, 5.74) is 0. The molecule has 0 aromatic heterocycles. The molecule has 1 aliphatic rings. The van der Waals surface area contributed by atoms with Gasteiger partial charge in [-0.1, -0.05) is 0 Å². The van der Waals surface area contributed by atoms with Crippen LogP contribution in [0.2, 0.25) is 0 Å². The molecule has 1 aliphatic carbocycles. The predicted octanol–water partition coefficient (Wildman–Crippen LogP) is 0.0665. The maximum Gasteiger partial charge on any atom is 0.328 e. The predicted molar refractivity (Wildman–Crippen MR) is 73.6 cm³/mol. The molecule has 0 spiro atoms. The summed E-state index contributed by atoms with van der Waals surface area (Å²) in [6, 6.07) is -0.794. The summed E-state index contributed by atoms with van der Waals surface area (Å²) in [6.45, 7) is 0.539. The molecule has 21 heavy (non-hydrogen) atoms. The maximum absolute atomic E-state index is 11.8. The minimum absolute atomic E-state index is 0.116. The second-order valence-corrected chi connectivity index (χ2v) is 5.01. The molecule has 0 heterocycles. The number of hydrogen-bond donors (Lipinski definition) is 1. The van der Waals surface area contributed by atoms with E-state index >= 15 is 0 Å². The molecule has 120 valence electrons. The number of rotatable bonds is 8. The number of hydrogen-bond acceptors (Lipinski definition) is 6. The number of carbonyl (C=O) groups is 3. The van der Waals surface area contributed by atoms with E-state index in [0.717, 1.165) is 12.8 Å². The number of methoxy groups -OCH3 is 2. The van der Waals surface area contributed by atoms with E-state index in [4.69, 9.17) is 14.2 Å². The van der Waals surface area contributed by atoms with Gasteiger partial charge in [0.15, 0.2) is 0 Å². The zero-order valence-electron chi connectivity index (χ0n) is 12.6. The largest absolute Gasteiger partial charge is 0.467 e. The van der Waals surface area contributed by atoms with Gasteiger partial charge in [0.1, 0.15) is 18.4 Å². The van der Waals surface area contributed by atoms with Crippen LogP contribution in [0.25, 0.3) is 0 Å². The number of Topliss-reactive ketones (excluding diaryl/α,β-unsaturated/α-hetero) is 1. The third kappa shape index (κ3) is 6.22. The van der Waals surface area contributed by atoms with Crippen LogP contribution in [-0.2, 0) is 28.6 Å². The van der Waals surface area contributed by atoms with Gasteiger partial charge in [0.25, 0.3) is 0 Å². The third-order valence-electron chi connectivity index (χ3n) is 3.43. The lowest BCUT2D eigenvalue weighted by molar-refractivity contribution is -0.148. The van der Waals surface area contributed by atoms with Gasteiger partial charge in [-0.25, -0.2) is 4.79 Å². The Balaban J connectivity index is 2.51. The Hall–Kier alpha value is -1.47. The van der Waals surface area contributed by atoms with Crippen molar-refractivity contribution < 1.29 is 28.6 Å². The highest BCUT2D eigenvalue weighted by Gasteiger charge is 2.34. The smallest absolute Gasteiger partial charge is 0.328 e. The lowest BCUT2D eigenvalue weighted by atomic mass is 9.83. The number of ketones is 1. The van der Waals surface area contributed by atoms with Crippen LogP contribution in [0.15, 0.2) is 0 Å². The van der Waals surface area contributed by atoms with Gasteiger partial charge >= 0.3 is 5.97 Å². The third-order valence-corrected chi connectivity index (χ3v) is 3.43. The van der Waals surface area contributed by atoms with E-state index in [1.54, 1.807) is 0 Å². The fraction of sp³-hybridized carbons (Fsp3) is 0.786. The van der Waals surface area contributed by atoms with Crippen LogP contribution < -0.4 is 5.32 Å². The fourth-order valence-electron chi connectivity index (χ4n) is 2.36. The normalized spacial score (nSPS) is 19.9. The molecular weight excluding hydrogens is 278 g/mol. The van der Waals surface area contributed by atoms with Gasteiger partial charge in [0, 0.05) is 20.0 Å². The van der Waals surface area contributed by atoms with Gasteiger partial charge in [0.05, 0.1) is 20.3 Å². The second-order valence-electron chi connectivity index (χ2n) is 5.01. The molecule has 0 radical (unpaired) electrons. The highest BCUT2D eigenvalue weighted by Crippen LogP contribution is 2.25. The Morgan fingerprint density at radius 2 is 2.10 bits per heavy atom. The summed E-state index contributed by atoms with van der Waals surface area (Å²) in [4.78, 5) is 35.1. The molecule has 1 amide bonds. The summed E-state index contributed by atoms with van der Waals surface area (Å²) >= 11 is 0. The molecule has 1 rings (SSSR count). The van der Waals surface area contributed by atoms with Crippen molar-refractivity contribution in [2.24, 2.45) is 5.92 Å². The Morgan fingerprint density at radius 1 is 1.33 bits per heavy atom. The van der Waals surface area contributed by atoms with Gasteiger partial charge in [0.2, 0.25) is 5.91 Å². The highest BCUT2D eigenvalue weighted by molar-refractivity contribution is 5.86. The average Bonchev–Trinajstić information content (AvgIpc) is 2.48. The minimum atomic E-state index is -0.794. The Bertz CT molecular complexity index is 370. The maximum atomic E-state index is 11.8. The number of nitrogens with one attached hydrogen (secondary N) is 1. The fourth-order valence-corrected chi connectivity index (χ4v) is 2.36. The van der Waals surface area contributed by atoms with Crippen LogP contribution in [0.3, 0.4) is 0 Å². The first kappa shape index (κ1) is 17.6. The van der Waals surface area contributed by atoms with Crippen LogP contribution in [-0.4, -0.2) is 57.7 Å². The molecule has 1 saturated carbocycles. The molecule has 0 saturated heterocycles. The van der Waals surface area contributed by atoms with Crippen molar-refractivity contribution in [1.82, 2.24) is 5.32 Å². The van der Waals surface area contributed by atoms with E-state index in [9.17, 15) is 14.4 Å². The average molecular weight is 301 g/mol. The van der Waals surface area contributed by atoms with E-state index in [-0.39, 0.29) is 18.3 Å². The lowest BCUT2D eigenvalue weighted by Crippen LogP contribution is -2.49. The van der Waals surface area contributed by atoms with Crippen molar-refractivity contribution in [3.05, 3.63) is 0 Å². The van der Waals surface area contributed by atoms with Crippen molar-refractivity contribution in [3.63, 3.8) is 0 Å². The van der Waals surface area contributed by atoms with E-state index < -0.39 is 17.9 Å². The Morgan fingerprint density at radius 3 is 2.71 bits per heavy atom. The van der Waals surface area contributed by atoms with Crippen LogP contribution in [0, 0.1) is 5.92 Å². The summed E-state index contributed by atoms with van der Waals surface area (Å²) in [7, 11) is 2.80. The van der Waals surface area contributed by atoms with Crippen LogP contribution >= 0.6 is 0 Å². The first-order chi connectivity index (χ1) is 10.1. The van der Waals surface area contributed by atoms with E-state index in [2.05, 4.69) is 5.32 Å². The number of amides is 1. The molecule has 0 unspecified atom stereocenters. The molecule has 1 fully saturated rings. The molecule has 0 aromatic rings. The van der Waals surface area contributed by atoms with Gasteiger partial charge in [-0.15, -0.1) is 0 Å². The highest BCUT2D eigenvalue weighted by atomic mass is 16.5. The Kier molecular flexibility index (Phi) is 7.92. The summed E-state index contributed by atoms with van der Waals surface area (Å²) in [5, 5.41) is 2.60. The van der Waals surface area contributed by atoms with Gasteiger partial charge in [-0.05, 0) is 18.8 Å². The molecule has 0 aromatic carbocycles. The number of esters is 1. The van der Waals surface area contributed by atoms with Gasteiger partial charge in [-0.3, -0.25) is 9.59 Å². The van der Waals surface area contributed by atoms with Crippen LogP contribution in [0.5, 0.6) is 0 Å². The molecule has 7 nitrogen and oxygen atoms in total. The van der Waals surface area contributed by atoms with Crippen LogP contribution in [0.1, 0.15) is 25.7 Å². The van der Waals surface area contributed by atoms with Gasteiger partial charge < -0.3 is 19.5 Å². The number of carbonyl (C=O) groups excluding carboxylic acids is 3. The summed E-state index contributed by atoms with van der Waals surface area (Å²) < 4.78 is 14.6. The van der Waals surface area contributed by atoms with E-state index in [1.165, 1.54) is 14.2 Å². The van der Waals surface area contributed by atoms with Crippen molar-refractivity contribution in [2.75, 3.05) is 34.0 Å². The van der Waals surface area contributed by atoms with Crippen molar-refractivity contribution in [1.29, 1.82) is 0 Å². The van der Waals surface area contributed by atoms with Crippen molar-refractivity contribution in [3.8, 4) is 0 Å². The van der Waals surface area contributed by atoms with Crippen molar-refractivity contribution >= 4 is 17.7 Å². The molecule has 2 atom stereocenters.